The molecule has 0 unspecified atom stereocenters. The minimum Gasteiger partial charge on any atom is -0.316 e. The fourth-order valence-corrected chi connectivity index (χ4v) is 2.91. The lowest BCUT2D eigenvalue weighted by atomic mass is 9.88. The molecule has 0 aromatic heterocycles. The van der Waals surface area contributed by atoms with Crippen LogP contribution in [0.15, 0.2) is 0 Å². The summed E-state index contributed by atoms with van der Waals surface area (Å²) in [5.74, 6) is 2.18. The number of hydrogen-bond acceptors (Lipinski definition) is 2. The topological polar surface area (TPSA) is 29.1 Å². The average Bonchev–Trinajstić information content (AvgIpc) is 2.74. The maximum atomic E-state index is 11.1. The first-order valence-electron chi connectivity index (χ1n) is 6.57. The molecule has 0 aromatic carbocycles. The predicted octanol–water partition coefficient (Wildman–Crippen LogP) is 2.53. The number of carbonyl (C=O) groups excluding carboxylic acids is 1. The van der Waals surface area contributed by atoms with Crippen LogP contribution >= 0.6 is 0 Å². The number of carbonyl (C=O) groups is 1. The molecule has 2 saturated carbocycles. The monoisotopic (exact) mass is 209 g/mol. The van der Waals surface area contributed by atoms with Crippen molar-refractivity contribution in [2.75, 3.05) is 13.1 Å². The Kier molecular flexibility index (Phi) is 4.18. The van der Waals surface area contributed by atoms with E-state index in [0.29, 0.717) is 5.78 Å². The number of hydrogen-bond donors (Lipinski definition) is 1. The van der Waals surface area contributed by atoms with Gasteiger partial charge in [0.05, 0.1) is 0 Å². The molecule has 2 nitrogen and oxygen atoms in total. The van der Waals surface area contributed by atoms with Gasteiger partial charge in [-0.25, -0.2) is 0 Å². The normalized spacial score (nSPS) is 24.9. The van der Waals surface area contributed by atoms with E-state index in [2.05, 4.69) is 5.32 Å². The van der Waals surface area contributed by atoms with E-state index in [4.69, 9.17) is 0 Å². The minimum absolute atomic E-state index is 0.474. The summed E-state index contributed by atoms with van der Waals surface area (Å²) in [6.45, 7) is 2.36. The zero-order valence-electron chi connectivity index (χ0n) is 9.63. The van der Waals surface area contributed by atoms with Crippen LogP contribution in [0.5, 0.6) is 0 Å². The van der Waals surface area contributed by atoms with Gasteiger partial charge in [0.25, 0.3) is 0 Å². The Morgan fingerprint density at radius 1 is 0.933 bits per heavy atom. The van der Waals surface area contributed by atoms with Gasteiger partial charge >= 0.3 is 0 Å². The zero-order valence-corrected chi connectivity index (χ0v) is 9.63. The molecule has 0 atom stereocenters. The second-order valence-corrected chi connectivity index (χ2v) is 5.29. The van der Waals surface area contributed by atoms with Crippen LogP contribution in [0.4, 0.5) is 0 Å². The van der Waals surface area contributed by atoms with Crippen molar-refractivity contribution in [2.45, 2.75) is 51.4 Å². The van der Waals surface area contributed by atoms with Gasteiger partial charge in [-0.05, 0) is 50.6 Å². The Morgan fingerprint density at radius 2 is 1.47 bits per heavy atom. The highest BCUT2D eigenvalue weighted by Gasteiger charge is 2.19. The molecule has 2 rings (SSSR count). The minimum atomic E-state index is 0.474. The second-order valence-electron chi connectivity index (χ2n) is 5.29. The lowest BCUT2D eigenvalue weighted by Gasteiger charge is -2.22. The smallest absolute Gasteiger partial charge is 0.132 e. The van der Waals surface area contributed by atoms with Crippen LogP contribution in [0.25, 0.3) is 0 Å². The van der Waals surface area contributed by atoms with Crippen molar-refractivity contribution < 1.29 is 4.79 Å². The van der Waals surface area contributed by atoms with E-state index < -0.39 is 0 Å². The maximum absolute atomic E-state index is 11.1. The molecule has 0 bridgehead atoms. The number of Topliss-reactive ketones (excluding diaryl/α,β-unsaturated/α-hetero) is 1. The van der Waals surface area contributed by atoms with E-state index in [-0.39, 0.29) is 0 Å². The molecule has 2 heteroatoms. The first-order chi connectivity index (χ1) is 7.34. The van der Waals surface area contributed by atoms with Crippen LogP contribution in [0, 0.1) is 11.8 Å². The lowest BCUT2D eigenvalue weighted by molar-refractivity contribution is -0.120. The van der Waals surface area contributed by atoms with Crippen LogP contribution < -0.4 is 5.32 Å². The number of nitrogens with one attached hydrogen (secondary N) is 1. The van der Waals surface area contributed by atoms with Crippen molar-refractivity contribution in [3.63, 3.8) is 0 Å². The predicted molar refractivity (Wildman–Crippen MR) is 61.8 cm³/mol. The van der Waals surface area contributed by atoms with E-state index in [1.165, 1.54) is 32.2 Å². The van der Waals surface area contributed by atoms with Crippen LogP contribution in [0.3, 0.4) is 0 Å². The molecule has 0 spiro atoms. The molecule has 2 aliphatic carbocycles. The number of rotatable bonds is 4. The third-order valence-electron chi connectivity index (χ3n) is 4.00. The third kappa shape index (κ3) is 3.60. The molecule has 2 aliphatic rings. The molecule has 86 valence electrons. The van der Waals surface area contributed by atoms with Crippen molar-refractivity contribution in [3.8, 4) is 0 Å². The standard InChI is InChI=1S/C13H23NO/c15-13-7-5-12(6-8-13)10-14-9-11-3-1-2-4-11/h11-12,14H,1-10H2. The SMILES string of the molecule is O=C1CCC(CNCC2CCCC2)CC1. The van der Waals surface area contributed by atoms with Crippen molar-refractivity contribution in [2.24, 2.45) is 11.8 Å². The molecule has 0 aromatic rings. The van der Waals surface area contributed by atoms with Gasteiger partial charge in [-0.2, -0.15) is 0 Å². The van der Waals surface area contributed by atoms with Gasteiger partial charge in [0.15, 0.2) is 0 Å². The highest BCUT2D eigenvalue weighted by molar-refractivity contribution is 5.79. The average molecular weight is 209 g/mol. The van der Waals surface area contributed by atoms with Gasteiger partial charge in [-0.1, -0.05) is 12.8 Å². The first kappa shape index (κ1) is 11.1. The van der Waals surface area contributed by atoms with E-state index in [1.54, 1.807) is 0 Å². The van der Waals surface area contributed by atoms with Gasteiger partial charge < -0.3 is 5.32 Å². The molecule has 0 radical (unpaired) electrons. The Labute approximate surface area is 92.8 Å². The van der Waals surface area contributed by atoms with Crippen LogP contribution in [-0.4, -0.2) is 18.9 Å². The van der Waals surface area contributed by atoms with E-state index >= 15 is 0 Å². The molecule has 15 heavy (non-hydrogen) atoms. The van der Waals surface area contributed by atoms with Crippen molar-refractivity contribution in [3.05, 3.63) is 0 Å². The van der Waals surface area contributed by atoms with E-state index in [9.17, 15) is 4.79 Å². The molecule has 2 fully saturated rings. The third-order valence-corrected chi connectivity index (χ3v) is 4.00. The fraction of sp³-hybridized carbons (Fsp3) is 0.923. The van der Waals surface area contributed by atoms with Crippen molar-refractivity contribution in [1.29, 1.82) is 0 Å². The molecule has 1 N–H and O–H groups in total. The molecule has 0 saturated heterocycles. The summed E-state index contributed by atoms with van der Waals surface area (Å²) in [5, 5.41) is 3.60. The molecule has 0 amide bonds. The van der Waals surface area contributed by atoms with Crippen LogP contribution in [0.1, 0.15) is 51.4 Å². The van der Waals surface area contributed by atoms with Crippen molar-refractivity contribution >= 4 is 5.78 Å². The summed E-state index contributed by atoms with van der Waals surface area (Å²) < 4.78 is 0. The summed E-state index contributed by atoms with van der Waals surface area (Å²) in [5.41, 5.74) is 0. The number of ketones is 1. The van der Waals surface area contributed by atoms with E-state index in [1.807, 2.05) is 0 Å². The summed E-state index contributed by atoms with van der Waals surface area (Å²) in [6.07, 6.45) is 9.62. The Balaban J connectivity index is 1.55. The summed E-state index contributed by atoms with van der Waals surface area (Å²) in [7, 11) is 0. The quantitative estimate of drug-likeness (QED) is 0.771. The molecule has 0 aliphatic heterocycles. The Bertz CT molecular complexity index is 199. The second kappa shape index (κ2) is 5.64. The maximum Gasteiger partial charge on any atom is 0.132 e. The molecule has 0 heterocycles. The summed E-state index contributed by atoms with van der Waals surface area (Å²) >= 11 is 0. The van der Waals surface area contributed by atoms with Gasteiger partial charge in [0.2, 0.25) is 0 Å². The van der Waals surface area contributed by atoms with Crippen LogP contribution in [0.2, 0.25) is 0 Å². The van der Waals surface area contributed by atoms with Gasteiger partial charge in [0, 0.05) is 12.8 Å². The first-order valence-corrected chi connectivity index (χ1v) is 6.57. The highest BCUT2D eigenvalue weighted by atomic mass is 16.1. The Hall–Kier alpha value is -0.370. The van der Waals surface area contributed by atoms with Crippen molar-refractivity contribution in [1.82, 2.24) is 5.32 Å². The fourth-order valence-electron chi connectivity index (χ4n) is 2.91. The molecular formula is C13H23NO. The van der Waals surface area contributed by atoms with Gasteiger partial charge in [0.1, 0.15) is 5.78 Å². The largest absolute Gasteiger partial charge is 0.316 e. The van der Waals surface area contributed by atoms with Gasteiger partial charge in [-0.3, -0.25) is 4.79 Å². The molecular weight excluding hydrogens is 186 g/mol. The lowest BCUT2D eigenvalue weighted by Crippen LogP contribution is -2.29. The summed E-state index contributed by atoms with van der Waals surface area (Å²) in [4.78, 5) is 11.1. The highest BCUT2D eigenvalue weighted by Crippen LogP contribution is 2.24. The van der Waals surface area contributed by atoms with E-state index in [0.717, 1.165) is 44.1 Å². The Morgan fingerprint density at radius 3 is 2.07 bits per heavy atom. The summed E-state index contributed by atoms with van der Waals surface area (Å²) in [6, 6.07) is 0. The zero-order chi connectivity index (χ0) is 10.5. The van der Waals surface area contributed by atoms with Gasteiger partial charge in [-0.15, -0.1) is 0 Å². The van der Waals surface area contributed by atoms with Crippen LogP contribution in [-0.2, 0) is 4.79 Å².